The van der Waals surface area contributed by atoms with E-state index in [1.165, 1.54) is 0 Å². The summed E-state index contributed by atoms with van der Waals surface area (Å²) < 4.78 is 6.62. The Kier molecular flexibility index (Phi) is 7.21. The fraction of sp³-hybridized carbons (Fsp3) is 0.300. The average molecular weight is 419 g/mol. The number of carbonyl (C=O) groups excluding carboxylic acids is 2. The van der Waals surface area contributed by atoms with E-state index in [0.29, 0.717) is 23.5 Å². The second kappa shape index (κ2) is 9.38. The van der Waals surface area contributed by atoms with Gasteiger partial charge in [-0.25, -0.2) is 0 Å². The number of ether oxygens (including phenoxy) is 1. The first-order valence-corrected chi connectivity index (χ1v) is 9.28. The molecular formula is C20H23BrN2O3. The van der Waals surface area contributed by atoms with Crippen LogP contribution in [-0.2, 0) is 4.79 Å². The molecule has 2 aromatic rings. The third-order valence-corrected chi connectivity index (χ3v) is 5.01. The lowest BCUT2D eigenvalue weighted by atomic mass is 10.1. The summed E-state index contributed by atoms with van der Waals surface area (Å²) >= 11 is 3.50. The molecule has 138 valence electrons. The van der Waals surface area contributed by atoms with Gasteiger partial charge < -0.3 is 15.4 Å². The van der Waals surface area contributed by atoms with Gasteiger partial charge in [-0.1, -0.05) is 35.0 Å². The summed E-state index contributed by atoms with van der Waals surface area (Å²) in [5.41, 5.74) is 2.99. The van der Waals surface area contributed by atoms with E-state index >= 15 is 0 Å². The number of rotatable bonds is 7. The quantitative estimate of drug-likeness (QED) is 0.706. The van der Waals surface area contributed by atoms with Gasteiger partial charge in [-0.05, 0) is 55.7 Å². The Morgan fingerprint density at radius 3 is 2.42 bits per heavy atom. The molecule has 0 heterocycles. The summed E-state index contributed by atoms with van der Waals surface area (Å²) in [7, 11) is 0. The first-order chi connectivity index (χ1) is 12.4. The monoisotopic (exact) mass is 418 g/mol. The SMILES string of the molecule is CCCNC(=O)c1ccccc1NC(=O)COc1cc(C)c(Br)c(C)c1. The highest BCUT2D eigenvalue weighted by Crippen LogP contribution is 2.26. The van der Waals surface area contributed by atoms with Gasteiger partial charge in [-0.2, -0.15) is 0 Å². The number of hydrogen-bond acceptors (Lipinski definition) is 3. The second-order valence-corrected chi connectivity index (χ2v) is 6.80. The van der Waals surface area contributed by atoms with Crippen LogP contribution in [0.15, 0.2) is 40.9 Å². The number of nitrogens with one attached hydrogen (secondary N) is 2. The number of amides is 2. The second-order valence-electron chi connectivity index (χ2n) is 6.01. The Balaban J connectivity index is 2.01. The van der Waals surface area contributed by atoms with Crippen molar-refractivity contribution in [2.75, 3.05) is 18.5 Å². The van der Waals surface area contributed by atoms with Crippen LogP contribution in [0, 0.1) is 13.8 Å². The summed E-state index contributed by atoms with van der Waals surface area (Å²) in [6, 6.07) is 10.7. The van der Waals surface area contributed by atoms with Crippen molar-refractivity contribution in [2.45, 2.75) is 27.2 Å². The molecule has 0 aromatic heterocycles. The van der Waals surface area contributed by atoms with Crippen LogP contribution in [-0.4, -0.2) is 25.0 Å². The van der Waals surface area contributed by atoms with E-state index in [4.69, 9.17) is 4.74 Å². The maximum absolute atomic E-state index is 12.2. The van der Waals surface area contributed by atoms with Crippen LogP contribution in [0.1, 0.15) is 34.8 Å². The van der Waals surface area contributed by atoms with E-state index in [2.05, 4.69) is 26.6 Å². The van der Waals surface area contributed by atoms with E-state index in [0.717, 1.165) is 22.0 Å². The van der Waals surface area contributed by atoms with Crippen LogP contribution < -0.4 is 15.4 Å². The Labute approximate surface area is 162 Å². The molecule has 0 aliphatic rings. The summed E-state index contributed by atoms with van der Waals surface area (Å²) in [5.74, 6) is 0.106. The summed E-state index contributed by atoms with van der Waals surface area (Å²) in [5, 5.41) is 5.56. The van der Waals surface area contributed by atoms with E-state index in [-0.39, 0.29) is 18.4 Å². The molecule has 0 saturated heterocycles. The smallest absolute Gasteiger partial charge is 0.262 e. The number of para-hydroxylation sites is 1. The van der Waals surface area contributed by atoms with Crippen LogP contribution in [0.4, 0.5) is 5.69 Å². The number of carbonyl (C=O) groups is 2. The van der Waals surface area contributed by atoms with E-state index in [1.807, 2.05) is 32.9 Å². The van der Waals surface area contributed by atoms with Crippen LogP contribution in [0.25, 0.3) is 0 Å². The van der Waals surface area contributed by atoms with Gasteiger partial charge >= 0.3 is 0 Å². The maximum atomic E-state index is 12.2. The van der Waals surface area contributed by atoms with E-state index < -0.39 is 0 Å². The van der Waals surface area contributed by atoms with Gasteiger partial charge in [0, 0.05) is 11.0 Å². The van der Waals surface area contributed by atoms with Crippen molar-refractivity contribution in [2.24, 2.45) is 0 Å². The molecule has 6 heteroatoms. The molecule has 0 radical (unpaired) electrons. The molecule has 0 aliphatic heterocycles. The molecule has 2 amide bonds. The molecule has 0 atom stereocenters. The third-order valence-electron chi connectivity index (χ3n) is 3.76. The van der Waals surface area contributed by atoms with Gasteiger partial charge in [0.15, 0.2) is 6.61 Å². The molecule has 2 rings (SSSR count). The molecule has 0 bridgehead atoms. The molecule has 2 aromatic carbocycles. The summed E-state index contributed by atoms with van der Waals surface area (Å²) in [6.45, 7) is 6.37. The molecule has 5 nitrogen and oxygen atoms in total. The molecule has 0 aliphatic carbocycles. The van der Waals surface area contributed by atoms with Crippen molar-refractivity contribution in [1.29, 1.82) is 0 Å². The zero-order valence-electron chi connectivity index (χ0n) is 15.2. The fourth-order valence-electron chi connectivity index (χ4n) is 2.45. The highest BCUT2D eigenvalue weighted by Gasteiger charge is 2.13. The Hall–Kier alpha value is -2.34. The number of benzene rings is 2. The predicted molar refractivity (Wildman–Crippen MR) is 107 cm³/mol. The number of aryl methyl sites for hydroxylation is 2. The topological polar surface area (TPSA) is 67.4 Å². The molecule has 0 unspecified atom stereocenters. The summed E-state index contributed by atoms with van der Waals surface area (Å²) in [4.78, 5) is 24.4. The van der Waals surface area contributed by atoms with Gasteiger partial charge in [0.1, 0.15) is 5.75 Å². The minimum atomic E-state index is -0.320. The highest BCUT2D eigenvalue weighted by molar-refractivity contribution is 9.10. The largest absolute Gasteiger partial charge is 0.484 e. The van der Waals surface area contributed by atoms with Crippen LogP contribution in [0.5, 0.6) is 5.75 Å². The first kappa shape index (κ1) is 20.0. The molecule has 0 fully saturated rings. The average Bonchev–Trinajstić information content (AvgIpc) is 2.62. The Morgan fingerprint density at radius 1 is 1.12 bits per heavy atom. The molecule has 0 spiro atoms. The zero-order valence-corrected chi connectivity index (χ0v) is 16.8. The van der Waals surface area contributed by atoms with E-state index in [9.17, 15) is 9.59 Å². The number of halogens is 1. The molecule has 2 N–H and O–H groups in total. The maximum Gasteiger partial charge on any atom is 0.262 e. The third kappa shape index (κ3) is 5.33. The lowest BCUT2D eigenvalue weighted by Gasteiger charge is -2.13. The predicted octanol–water partition coefficient (Wildman–Crippen LogP) is 4.22. The van der Waals surface area contributed by atoms with Crippen molar-refractivity contribution in [3.63, 3.8) is 0 Å². The fourth-order valence-corrected chi connectivity index (χ4v) is 2.68. The lowest BCUT2D eigenvalue weighted by Crippen LogP contribution is -2.27. The van der Waals surface area contributed by atoms with Crippen molar-refractivity contribution < 1.29 is 14.3 Å². The molecule has 0 saturated carbocycles. The van der Waals surface area contributed by atoms with Gasteiger partial charge in [0.05, 0.1) is 11.3 Å². The highest BCUT2D eigenvalue weighted by atomic mass is 79.9. The Morgan fingerprint density at radius 2 is 1.77 bits per heavy atom. The van der Waals surface area contributed by atoms with Crippen molar-refractivity contribution >= 4 is 33.4 Å². The van der Waals surface area contributed by atoms with Crippen molar-refractivity contribution in [3.8, 4) is 5.75 Å². The lowest BCUT2D eigenvalue weighted by molar-refractivity contribution is -0.118. The summed E-state index contributed by atoms with van der Waals surface area (Å²) in [6.07, 6.45) is 0.847. The van der Waals surface area contributed by atoms with Crippen molar-refractivity contribution in [1.82, 2.24) is 5.32 Å². The van der Waals surface area contributed by atoms with Gasteiger partial charge in [-0.15, -0.1) is 0 Å². The minimum Gasteiger partial charge on any atom is -0.484 e. The van der Waals surface area contributed by atoms with Crippen LogP contribution in [0.3, 0.4) is 0 Å². The number of anilines is 1. The van der Waals surface area contributed by atoms with Crippen molar-refractivity contribution in [3.05, 3.63) is 57.6 Å². The van der Waals surface area contributed by atoms with Crippen LogP contribution in [0.2, 0.25) is 0 Å². The minimum absolute atomic E-state index is 0.134. The number of hydrogen-bond donors (Lipinski definition) is 2. The van der Waals surface area contributed by atoms with E-state index in [1.54, 1.807) is 24.3 Å². The Bertz CT molecular complexity index is 782. The standard InChI is InChI=1S/C20H23BrN2O3/c1-4-9-22-20(25)16-7-5-6-8-17(16)23-18(24)12-26-15-10-13(2)19(21)14(3)11-15/h5-8,10-11H,4,9,12H2,1-3H3,(H,22,25)(H,23,24). The van der Waals surface area contributed by atoms with Gasteiger partial charge in [0.2, 0.25) is 0 Å². The van der Waals surface area contributed by atoms with Crippen LogP contribution >= 0.6 is 15.9 Å². The van der Waals surface area contributed by atoms with Gasteiger partial charge in [0.25, 0.3) is 11.8 Å². The normalized spacial score (nSPS) is 10.3. The zero-order chi connectivity index (χ0) is 19.1. The molecule has 26 heavy (non-hydrogen) atoms. The first-order valence-electron chi connectivity index (χ1n) is 8.49. The van der Waals surface area contributed by atoms with Gasteiger partial charge in [-0.3, -0.25) is 9.59 Å². The molecular weight excluding hydrogens is 396 g/mol.